The monoisotopic (exact) mass is 185 g/mol. The van der Waals surface area contributed by atoms with Gasteiger partial charge in [-0.3, -0.25) is 0 Å². The number of amides is 2. The van der Waals surface area contributed by atoms with Crippen LogP contribution in [0.1, 0.15) is 0 Å². The van der Waals surface area contributed by atoms with E-state index in [4.69, 9.17) is 4.74 Å². The summed E-state index contributed by atoms with van der Waals surface area (Å²) in [6, 6.07) is 0.567. The second-order valence-electron chi connectivity index (χ2n) is 3.41. The van der Waals surface area contributed by atoms with Gasteiger partial charge in [-0.05, 0) is 0 Å². The number of carbonyl (C=O) groups is 1. The summed E-state index contributed by atoms with van der Waals surface area (Å²) in [5.74, 6) is 0. The maximum atomic E-state index is 11.1. The van der Waals surface area contributed by atoms with E-state index in [2.05, 4.69) is 10.6 Å². The highest BCUT2D eigenvalue weighted by Gasteiger charge is 2.20. The summed E-state index contributed by atoms with van der Waals surface area (Å²) in [6.45, 7) is 4.90. The minimum absolute atomic E-state index is 0.0617. The van der Waals surface area contributed by atoms with Crippen LogP contribution in [0.4, 0.5) is 4.79 Å². The fraction of sp³-hybridized carbons (Fsp3) is 0.875. The van der Waals surface area contributed by atoms with Crippen LogP contribution in [0.2, 0.25) is 0 Å². The minimum Gasteiger partial charge on any atom is -0.378 e. The molecule has 2 heterocycles. The Morgan fingerprint density at radius 3 is 3.00 bits per heavy atom. The predicted octanol–water partition coefficient (Wildman–Crippen LogP) is -1.000. The molecule has 2 aliphatic rings. The van der Waals surface area contributed by atoms with E-state index in [1.807, 2.05) is 4.90 Å². The fourth-order valence-electron chi connectivity index (χ4n) is 1.48. The van der Waals surface area contributed by atoms with Gasteiger partial charge >= 0.3 is 6.03 Å². The van der Waals surface area contributed by atoms with Gasteiger partial charge in [0.05, 0.1) is 19.3 Å². The highest BCUT2D eigenvalue weighted by molar-refractivity contribution is 5.76. The number of rotatable bonds is 4. The predicted molar refractivity (Wildman–Crippen MR) is 47.6 cm³/mol. The van der Waals surface area contributed by atoms with Crippen molar-refractivity contribution in [1.82, 2.24) is 15.5 Å². The quantitative estimate of drug-likeness (QED) is 0.590. The van der Waals surface area contributed by atoms with Gasteiger partial charge in [0.1, 0.15) is 0 Å². The van der Waals surface area contributed by atoms with E-state index in [1.54, 1.807) is 0 Å². The third-order valence-electron chi connectivity index (χ3n) is 2.40. The zero-order valence-electron chi connectivity index (χ0n) is 7.58. The van der Waals surface area contributed by atoms with Crippen LogP contribution in [0.5, 0.6) is 0 Å². The Balaban J connectivity index is 1.58. The lowest BCUT2D eigenvalue weighted by Crippen LogP contribution is -2.48. The Bertz CT molecular complexity index is 194. The maximum Gasteiger partial charge on any atom is 0.317 e. The average molecular weight is 185 g/mol. The van der Waals surface area contributed by atoms with Crippen molar-refractivity contribution in [2.24, 2.45) is 0 Å². The Kier molecular flexibility index (Phi) is 2.65. The van der Waals surface area contributed by atoms with Crippen molar-refractivity contribution >= 4 is 6.03 Å². The van der Waals surface area contributed by atoms with Crippen LogP contribution in [0, 0.1) is 0 Å². The number of urea groups is 1. The van der Waals surface area contributed by atoms with Crippen molar-refractivity contribution < 1.29 is 9.53 Å². The van der Waals surface area contributed by atoms with Gasteiger partial charge < -0.3 is 20.3 Å². The molecule has 0 spiro atoms. The Morgan fingerprint density at radius 2 is 2.46 bits per heavy atom. The summed E-state index contributed by atoms with van der Waals surface area (Å²) in [7, 11) is 0. The minimum atomic E-state index is 0.0617. The molecular formula is C8H15N3O2. The van der Waals surface area contributed by atoms with Crippen molar-refractivity contribution in [2.75, 3.05) is 39.4 Å². The second kappa shape index (κ2) is 3.93. The van der Waals surface area contributed by atoms with E-state index in [9.17, 15) is 4.79 Å². The van der Waals surface area contributed by atoms with Gasteiger partial charge in [0.15, 0.2) is 0 Å². The summed E-state index contributed by atoms with van der Waals surface area (Å²) in [4.78, 5) is 12.9. The SMILES string of the molecule is O=C1NCCN1CCNC1COC1. The van der Waals surface area contributed by atoms with Gasteiger partial charge in [0, 0.05) is 26.2 Å². The van der Waals surface area contributed by atoms with E-state index in [-0.39, 0.29) is 6.03 Å². The normalized spacial score (nSPS) is 23.1. The van der Waals surface area contributed by atoms with Crippen LogP contribution in [0.3, 0.4) is 0 Å². The molecule has 13 heavy (non-hydrogen) atoms. The number of hydrogen-bond donors (Lipinski definition) is 2. The standard InChI is InChI=1S/C8H15N3O2/c12-8-10-2-4-11(8)3-1-9-7-5-13-6-7/h7,9H,1-6H2,(H,10,12). The molecule has 0 aromatic carbocycles. The molecule has 0 radical (unpaired) electrons. The topological polar surface area (TPSA) is 53.6 Å². The van der Waals surface area contributed by atoms with Gasteiger partial charge in [-0.1, -0.05) is 0 Å². The van der Waals surface area contributed by atoms with Gasteiger partial charge in [0.2, 0.25) is 0 Å². The first-order chi connectivity index (χ1) is 6.36. The summed E-state index contributed by atoms with van der Waals surface area (Å²) in [5, 5.41) is 6.09. The molecule has 0 unspecified atom stereocenters. The molecule has 2 fully saturated rings. The first kappa shape index (κ1) is 8.77. The van der Waals surface area contributed by atoms with Crippen LogP contribution in [0.25, 0.3) is 0 Å². The van der Waals surface area contributed by atoms with Crippen molar-refractivity contribution in [3.63, 3.8) is 0 Å². The molecule has 2 rings (SSSR count). The van der Waals surface area contributed by atoms with Crippen LogP contribution in [-0.4, -0.2) is 56.4 Å². The number of hydrogen-bond acceptors (Lipinski definition) is 3. The van der Waals surface area contributed by atoms with Crippen molar-refractivity contribution in [2.45, 2.75) is 6.04 Å². The lowest BCUT2D eigenvalue weighted by Gasteiger charge is -2.27. The van der Waals surface area contributed by atoms with Crippen LogP contribution in [0.15, 0.2) is 0 Å². The zero-order valence-corrected chi connectivity index (χ0v) is 7.58. The molecule has 2 amide bonds. The maximum absolute atomic E-state index is 11.1. The van der Waals surface area contributed by atoms with Crippen LogP contribution in [-0.2, 0) is 4.74 Å². The number of nitrogens with one attached hydrogen (secondary N) is 2. The summed E-state index contributed by atoms with van der Waals surface area (Å²) < 4.78 is 5.02. The van der Waals surface area contributed by atoms with E-state index in [0.29, 0.717) is 6.04 Å². The van der Waals surface area contributed by atoms with E-state index >= 15 is 0 Å². The van der Waals surface area contributed by atoms with Crippen molar-refractivity contribution in [3.8, 4) is 0 Å². The van der Waals surface area contributed by atoms with Crippen LogP contribution < -0.4 is 10.6 Å². The molecule has 5 nitrogen and oxygen atoms in total. The molecule has 2 N–H and O–H groups in total. The van der Waals surface area contributed by atoms with Crippen molar-refractivity contribution in [1.29, 1.82) is 0 Å². The molecule has 0 aliphatic carbocycles. The number of carbonyl (C=O) groups excluding carboxylic acids is 1. The number of ether oxygens (including phenoxy) is 1. The fourth-order valence-corrected chi connectivity index (χ4v) is 1.48. The first-order valence-corrected chi connectivity index (χ1v) is 4.70. The zero-order chi connectivity index (χ0) is 9.10. The highest BCUT2D eigenvalue weighted by Crippen LogP contribution is 1.99. The summed E-state index contributed by atoms with van der Waals surface area (Å²) >= 11 is 0. The lowest BCUT2D eigenvalue weighted by molar-refractivity contribution is -0.00523. The van der Waals surface area contributed by atoms with E-state index < -0.39 is 0 Å². The Labute approximate surface area is 77.4 Å². The summed E-state index contributed by atoms with van der Waals surface area (Å²) in [5.41, 5.74) is 0. The lowest BCUT2D eigenvalue weighted by atomic mass is 10.2. The molecule has 0 saturated carbocycles. The molecule has 2 saturated heterocycles. The molecular weight excluding hydrogens is 170 g/mol. The smallest absolute Gasteiger partial charge is 0.317 e. The molecule has 5 heteroatoms. The Morgan fingerprint density at radius 1 is 1.62 bits per heavy atom. The van der Waals surface area contributed by atoms with Gasteiger partial charge in [0.25, 0.3) is 0 Å². The third kappa shape index (κ3) is 2.10. The third-order valence-corrected chi connectivity index (χ3v) is 2.40. The highest BCUT2D eigenvalue weighted by atomic mass is 16.5. The van der Waals surface area contributed by atoms with E-state index in [0.717, 1.165) is 39.4 Å². The second-order valence-corrected chi connectivity index (χ2v) is 3.41. The van der Waals surface area contributed by atoms with Gasteiger partial charge in [-0.2, -0.15) is 0 Å². The average Bonchev–Trinajstić information content (AvgIpc) is 2.42. The van der Waals surface area contributed by atoms with Gasteiger partial charge in [-0.25, -0.2) is 4.79 Å². The Hall–Kier alpha value is -0.810. The van der Waals surface area contributed by atoms with E-state index in [1.165, 1.54) is 0 Å². The van der Waals surface area contributed by atoms with Crippen molar-refractivity contribution in [3.05, 3.63) is 0 Å². The molecule has 0 aromatic heterocycles. The summed E-state index contributed by atoms with van der Waals surface area (Å²) in [6.07, 6.45) is 0. The van der Waals surface area contributed by atoms with Gasteiger partial charge in [-0.15, -0.1) is 0 Å². The number of nitrogens with zero attached hydrogens (tertiary/aromatic N) is 1. The molecule has 0 bridgehead atoms. The largest absolute Gasteiger partial charge is 0.378 e. The van der Waals surface area contributed by atoms with Crippen LogP contribution >= 0.6 is 0 Å². The molecule has 0 atom stereocenters. The molecule has 74 valence electrons. The molecule has 0 aromatic rings. The molecule has 2 aliphatic heterocycles. The first-order valence-electron chi connectivity index (χ1n) is 4.70.